The summed E-state index contributed by atoms with van der Waals surface area (Å²) in [6.45, 7) is 19.8. The van der Waals surface area contributed by atoms with E-state index in [0.29, 0.717) is 13.0 Å². The highest BCUT2D eigenvalue weighted by atomic mass is 28.4. The normalized spacial score (nSPS) is 13.8. The van der Waals surface area contributed by atoms with Crippen molar-refractivity contribution in [2.45, 2.75) is 97.3 Å². The standard InChI is InChI=1S/C23H42O4Si2/c1-10-12-17-28(6,7)26-20-15-13-19(14-16-20)18-21(22(24)25-11-2)27-29(8,9)23(3,4)5/h13-16,21H,10-12,17-18H2,1-9H3. The first kappa shape index (κ1) is 25.9. The Kier molecular flexibility index (Phi) is 9.63. The van der Waals surface area contributed by atoms with Crippen molar-refractivity contribution < 1.29 is 18.4 Å². The van der Waals surface area contributed by atoms with Gasteiger partial charge < -0.3 is 13.6 Å². The highest BCUT2D eigenvalue weighted by Gasteiger charge is 2.41. The minimum atomic E-state index is -2.09. The van der Waals surface area contributed by atoms with Gasteiger partial charge in [0.1, 0.15) is 11.9 Å². The van der Waals surface area contributed by atoms with Gasteiger partial charge in [-0.15, -0.1) is 0 Å². The van der Waals surface area contributed by atoms with E-state index < -0.39 is 22.7 Å². The fourth-order valence-electron chi connectivity index (χ4n) is 2.82. The number of unbranched alkanes of at least 4 members (excludes halogenated alkanes) is 1. The Labute approximate surface area is 180 Å². The Balaban J connectivity index is 2.90. The zero-order valence-electron chi connectivity index (χ0n) is 20.1. The Morgan fingerprint density at radius 2 is 1.62 bits per heavy atom. The fraction of sp³-hybridized carbons (Fsp3) is 0.696. The molecule has 0 aliphatic rings. The van der Waals surface area contributed by atoms with E-state index in [2.05, 4.69) is 53.9 Å². The SMILES string of the molecule is CCCC[Si](C)(C)Oc1ccc(CC(O[Si](C)(C)C(C)(C)C)C(=O)OCC)cc1. The summed E-state index contributed by atoms with van der Waals surface area (Å²) in [7, 11) is -3.78. The van der Waals surface area contributed by atoms with E-state index >= 15 is 0 Å². The van der Waals surface area contributed by atoms with Crippen LogP contribution in [-0.2, 0) is 20.4 Å². The van der Waals surface area contributed by atoms with Crippen molar-refractivity contribution in [1.82, 2.24) is 0 Å². The smallest absolute Gasteiger partial charge is 0.334 e. The molecule has 29 heavy (non-hydrogen) atoms. The lowest BCUT2D eigenvalue weighted by molar-refractivity contribution is -0.152. The second kappa shape index (κ2) is 10.8. The predicted octanol–water partition coefficient (Wildman–Crippen LogP) is 6.57. The summed E-state index contributed by atoms with van der Waals surface area (Å²) in [5.74, 6) is 0.644. The van der Waals surface area contributed by atoms with Crippen LogP contribution in [0.1, 0.15) is 53.0 Å². The average molecular weight is 439 g/mol. The molecule has 0 aromatic heterocycles. The van der Waals surface area contributed by atoms with Crippen molar-refractivity contribution in [1.29, 1.82) is 0 Å². The van der Waals surface area contributed by atoms with E-state index in [0.717, 1.165) is 17.4 Å². The molecule has 0 fully saturated rings. The van der Waals surface area contributed by atoms with E-state index in [1.54, 1.807) is 0 Å². The minimum Gasteiger partial charge on any atom is -0.544 e. The van der Waals surface area contributed by atoms with Gasteiger partial charge in [-0.1, -0.05) is 52.7 Å². The van der Waals surface area contributed by atoms with Crippen LogP contribution in [0.15, 0.2) is 24.3 Å². The van der Waals surface area contributed by atoms with E-state index in [1.165, 1.54) is 12.8 Å². The van der Waals surface area contributed by atoms with E-state index in [1.807, 2.05) is 31.2 Å². The number of rotatable bonds is 11. The molecule has 1 rings (SSSR count). The molecule has 0 aliphatic carbocycles. The molecular formula is C23H42O4Si2. The van der Waals surface area contributed by atoms with E-state index in [4.69, 9.17) is 13.6 Å². The molecule has 4 nitrogen and oxygen atoms in total. The maximum Gasteiger partial charge on any atom is 0.334 e. The van der Waals surface area contributed by atoms with Gasteiger partial charge in [-0.25, -0.2) is 4.79 Å². The summed E-state index contributed by atoms with van der Waals surface area (Å²) in [4.78, 5) is 12.6. The zero-order valence-corrected chi connectivity index (χ0v) is 22.1. The molecule has 6 heteroatoms. The molecule has 1 atom stereocenters. The van der Waals surface area contributed by atoms with Gasteiger partial charge >= 0.3 is 5.97 Å². The van der Waals surface area contributed by atoms with Gasteiger partial charge in [0.05, 0.1) is 6.61 Å². The number of hydrogen-bond donors (Lipinski definition) is 0. The quantitative estimate of drug-likeness (QED) is 0.289. The van der Waals surface area contributed by atoms with Crippen molar-refractivity contribution in [3.05, 3.63) is 29.8 Å². The van der Waals surface area contributed by atoms with Gasteiger partial charge in [0.2, 0.25) is 8.32 Å². The Morgan fingerprint density at radius 1 is 1.03 bits per heavy atom. The van der Waals surface area contributed by atoms with Crippen molar-refractivity contribution in [3.8, 4) is 5.75 Å². The topological polar surface area (TPSA) is 44.8 Å². The molecule has 0 aliphatic heterocycles. The van der Waals surface area contributed by atoms with Crippen molar-refractivity contribution >= 4 is 22.6 Å². The van der Waals surface area contributed by atoms with Crippen LogP contribution in [0, 0.1) is 0 Å². The maximum atomic E-state index is 12.6. The predicted molar refractivity (Wildman–Crippen MR) is 127 cm³/mol. The molecule has 0 bridgehead atoms. The summed E-state index contributed by atoms with van der Waals surface area (Å²) in [6, 6.07) is 9.29. The lowest BCUT2D eigenvalue weighted by Crippen LogP contribution is -2.47. The molecule has 0 radical (unpaired) electrons. The highest BCUT2D eigenvalue weighted by molar-refractivity contribution is 6.74. The third-order valence-corrected chi connectivity index (χ3v) is 12.5. The first-order chi connectivity index (χ1) is 13.3. The number of ether oxygens (including phenoxy) is 1. The number of esters is 1. The summed E-state index contributed by atoms with van der Waals surface area (Å²) in [6.07, 6.45) is 2.35. The maximum absolute atomic E-state index is 12.6. The van der Waals surface area contributed by atoms with Gasteiger partial charge in [0, 0.05) is 6.42 Å². The Hall–Kier alpha value is -1.12. The van der Waals surface area contributed by atoms with Crippen LogP contribution in [0.3, 0.4) is 0 Å². The van der Waals surface area contributed by atoms with Crippen molar-refractivity contribution in [2.24, 2.45) is 0 Å². The number of hydrogen-bond acceptors (Lipinski definition) is 4. The molecule has 0 amide bonds. The summed E-state index contributed by atoms with van der Waals surface area (Å²) < 4.78 is 18.0. The molecule has 0 N–H and O–H groups in total. The van der Waals surface area contributed by atoms with Gasteiger partial charge in [0.15, 0.2) is 8.32 Å². The Bertz CT molecular complexity index is 633. The van der Waals surface area contributed by atoms with Gasteiger partial charge in [-0.05, 0) is 61.9 Å². The molecule has 1 aromatic rings. The summed E-state index contributed by atoms with van der Waals surface area (Å²) in [5.41, 5.74) is 1.06. The number of carbonyl (C=O) groups excluding carboxylic acids is 1. The van der Waals surface area contributed by atoms with Crippen LogP contribution in [0.2, 0.25) is 37.3 Å². The molecule has 1 unspecified atom stereocenters. The van der Waals surface area contributed by atoms with Gasteiger partial charge in [0.25, 0.3) is 0 Å². The molecule has 1 aromatic carbocycles. The summed E-state index contributed by atoms with van der Waals surface area (Å²) in [5, 5.41) is 0.0319. The minimum absolute atomic E-state index is 0.0319. The second-order valence-electron chi connectivity index (χ2n) is 9.93. The van der Waals surface area contributed by atoms with Crippen LogP contribution in [0.4, 0.5) is 0 Å². The third-order valence-electron chi connectivity index (χ3n) is 5.66. The van der Waals surface area contributed by atoms with Crippen LogP contribution >= 0.6 is 0 Å². The van der Waals surface area contributed by atoms with Crippen LogP contribution < -0.4 is 4.43 Å². The van der Waals surface area contributed by atoms with Crippen LogP contribution in [0.25, 0.3) is 0 Å². The number of benzene rings is 1. The van der Waals surface area contributed by atoms with Gasteiger partial charge in [-0.2, -0.15) is 0 Å². The first-order valence-electron chi connectivity index (χ1n) is 10.9. The lowest BCUT2D eigenvalue weighted by Gasteiger charge is -2.38. The molecule has 0 heterocycles. The molecular weight excluding hydrogens is 396 g/mol. The number of carbonyl (C=O) groups is 1. The lowest BCUT2D eigenvalue weighted by atomic mass is 10.1. The molecule has 0 saturated heterocycles. The largest absolute Gasteiger partial charge is 0.544 e. The van der Waals surface area contributed by atoms with Crippen LogP contribution in [0.5, 0.6) is 5.75 Å². The van der Waals surface area contributed by atoms with Crippen molar-refractivity contribution in [2.75, 3.05) is 6.61 Å². The van der Waals surface area contributed by atoms with Crippen LogP contribution in [-0.4, -0.2) is 35.3 Å². The fourth-order valence-corrected chi connectivity index (χ4v) is 6.15. The third kappa shape index (κ3) is 8.64. The second-order valence-corrected chi connectivity index (χ2v) is 18.9. The molecule has 166 valence electrons. The van der Waals surface area contributed by atoms with Gasteiger partial charge in [-0.3, -0.25) is 0 Å². The average Bonchev–Trinajstić information content (AvgIpc) is 2.60. The molecule has 0 saturated carbocycles. The first-order valence-corrected chi connectivity index (χ1v) is 17.0. The molecule has 0 spiro atoms. The van der Waals surface area contributed by atoms with Crippen molar-refractivity contribution in [3.63, 3.8) is 0 Å². The highest BCUT2D eigenvalue weighted by Crippen LogP contribution is 2.37. The monoisotopic (exact) mass is 438 g/mol. The zero-order chi connectivity index (χ0) is 22.3. The van der Waals surface area contributed by atoms with E-state index in [9.17, 15) is 4.79 Å². The van der Waals surface area contributed by atoms with E-state index in [-0.39, 0.29) is 11.0 Å². The Morgan fingerprint density at radius 3 is 2.10 bits per heavy atom. The summed E-state index contributed by atoms with van der Waals surface area (Å²) >= 11 is 0.